The Balaban J connectivity index is 1.35. The lowest BCUT2D eigenvalue weighted by Crippen LogP contribution is -2.50. The molecule has 0 heterocycles. The maximum absolute atomic E-state index is 12.9. The second kappa shape index (κ2) is 12.8. The highest BCUT2D eigenvalue weighted by Crippen LogP contribution is 2.30. The summed E-state index contributed by atoms with van der Waals surface area (Å²) in [4.78, 5) is 49.8. The molecular formula is C29H28Cl2N4O5. The predicted octanol–water partition coefficient (Wildman–Crippen LogP) is 4.40. The molecule has 40 heavy (non-hydrogen) atoms. The van der Waals surface area contributed by atoms with Gasteiger partial charge >= 0.3 is 12.0 Å². The largest absolute Gasteiger partial charge is 0.480 e. The molecule has 4 amide bonds. The molecular weight excluding hydrogens is 555 g/mol. The van der Waals surface area contributed by atoms with Gasteiger partial charge in [-0.05, 0) is 48.6 Å². The van der Waals surface area contributed by atoms with Gasteiger partial charge in [0.15, 0.2) is 0 Å². The van der Waals surface area contributed by atoms with Gasteiger partial charge in [0.1, 0.15) is 6.04 Å². The van der Waals surface area contributed by atoms with Crippen molar-refractivity contribution in [2.45, 2.75) is 38.4 Å². The van der Waals surface area contributed by atoms with Crippen LogP contribution in [0.5, 0.6) is 0 Å². The van der Waals surface area contributed by atoms with E-state index < -0.39 is 29.9 Å². The second-order valence-corrected chi connectivity index (χ2v) is 10.3. The minimum absolute atomic E-state index is 0.125. The van der Waals surface area contributed by atoms with Crippen LogP contribution in [0.4, 0.5) is 4.79 Å². The Labute approximate surface area is 241 Å². The van der Waals surface area contributed by atoms with Crippen LogP contribution < -0.4 is 21.3 Å². The molecule has 0 bridgehead atoms. The lowest BCUT2D eigenvalue weighted by atomic mass is 10.1. The number of aliphatic carboxylic acids is 1. The molecule has 0 fully saturated rings. The number of nitrogens with one attached hydrogen (secondary N) is 4. The van der Waals surface area contributed by atoms with Gasteiger partial charge in [-0.1, -0.05) is 77.3 Å². The first-order chi connectivity index (χ1) is 19.1. The van der Waals surface area contributed by atoms with Gasteiger partial charge < -0.3 is 26.4 Å². The number of carboxylic acid groups (broad SMARTS) is 1. The van der Waals surface area contributed by atoms with Crippen molar-refractivity contribution in [3.8, 4) is 0 Å². The van der Waals surface area contributed by atoms with Crippen LogP contribution in [0.25, 0.3) is 0 Å². The van der Waals surface area contributed by atoms with Gasteiger partial charge in [0.2, 0.25) is 0 Å². The van der Waals surface area contributed by atoms with Gasteiger partial charge in [0, 0.05) is 12.1 Å². The van der Waals surface area contributed by atoms with Crippen LogP contribution in [-0.4, -0.2) is 41.5 Å². The maximum Gasteiger partial charge on any atom is 0.328 e. The lowest BCUT2D eigenvalue weighted by molar-refractivity contribution is -0.139. The Morgan fingerprint density at radius 3 is 2.38 bits per heavy atom. The first-order valence-corrected chi connectivity index (χ1v) is 13.4. The van der Waals surface area contributed by atoms with Crippen LogP contribution in [0.15, 0.2) is 60.7 Å². The number of aryl methyl sites for hydroxylation is 2. The summed E-state index contributed by atoms with van der Waals surface area (Å²) in [5, 5.41) is 19.8. The Hall–Kier alpha value is -4.08. The number of urea groups is 1. The van der Waals surface area contributed by atoms with Gasteiger partial charge in [0.05, 0.1) is 28.2 Å². The van der Waals surface area contributed by atoms with Crippen molar-refractivity contribution in [3.05, 3.63) is 104 Å². The number of halogens is 2. The van der Waals surface area contributed by atoms with Crippen molar-refractivity contribution in [1.29, 1.82) is 0 Å². The molecule has 208 valence electrons. The number of hydrogen-bond donors (Lipinski definition) is 5. The highest BCUT2D eigenvalue weighted by atomic mass is 35.5. The topological polar surface area (TPSA) is 137 Å². The van der Waals surface area contributed by atoms with E-state index in [0.717, 1.165) is 35.1 Å². The van der Waals surface area contributed by atoms with Gasteiger partial charge in [-0.2, -0.15) is 0 Å². The van der Waals surface area contributed by atoms with Crippen molar-refractivity contribution in [1.82, 2.24) is 21.3 Å². The van der Waals surface area contributed by atoms with E-state index in [1.807, 2.05) is 55.5 Å². The fourth-order valence-corrected chi connectivity index (χ4v) is 5.23. The van der Waals surface area contributed by atoms with E-state index in [9.17, 15) is 24.3 Å². The van der Waals surface area contributed by atoms with Gasteiger partial charge in [-0.3, -0.25) is 9.59 Å². The summed E-state index contributed by atoms with van der Waals surface area (Å²) < 4.78 is 0. The molecule has 0 aromatic heterocycles. The normalized spacial score (nSPS) is 14.5. The Morgan fingerprint density at radius 2 is 1.68 bits per heavy atom. The van der Waals surface area contributed by atoms with Crippen molar-refractivity contribution in [2.24, 2.45) is 0 Å². The summed E-state index contributed by atoms with van der Waals surface area (Å²) in [5.41, 5.74) is 4.11. The third-order valence-electron chi connectivity index (χ3n) is 6.58. The fraction of sp³-hybridized carbons (Fsp3) is 0.241. The average molecular weight is 583 g/mol. The molecule has 11 heteroatoms. The molecule has 0 saturated heterocycles. The van der Waals surface area contributed by atoms with Gasteiger partial charge in [-0.25, -0.2) is 9.59 Å². The molecule has 1 aliphatic carbocycles. The minimum Gasteiger partial charge on any atom is -0.480 e. The van der Waals surface area contributed by atoms with Crippen LogP contribution in [0.2, 0.25) is 10.0 Å². The highest BCUT2D eigenvalue weighted by Gasteiger charge is 2.27. The van der Waals surface area contributed by atoms with E-state index in [-0.39, 0.29) is 40.3 Å². The summed E-state index contributed by atoms with van der Waals surface area (Å²) in [6.45, 7) is 1.85. The van der Waals surface area contributed by atoms with Crippen LogP contribution in [0.3, 0.4) is 0 Å². The van der Waals surface area contributed by atoms with E-state index in [0.29, 0.717) is 0 Å². The standard InChI is InChI=1S/C29H28Cl2N4O5/c1-16-5-4-6-17(11-16)14-32-26(36)19-12-21(30)25(22(31)13-19)27(37)34-24(28(38)39)15-33-29(40)35-23-10-9-18-7-2-3-8-20(18)23/h2-8,11-13,23-24H,9-10,14-15H2,1H3,(H,32,36)(H,34,37)(H,38,39)(H2,33,35,40)/t23-,24+/m1/s1. The maximum atomic E-state index is 12.9. The van der Waals surface area contributed by atoms with Crippen LogP contribution in [0.1, 0.15) is 55.4 Å². The fourth-order valence-electron chi connectivity index (χ4n) is 4.57. The first kappa shape index (κ1) is 28.9. The smallest absolute Gasteiger partial charge is 0.328 e. The molecule has 4 rings (SSSR count). The second-order valence-electron chi connectivity index (χ2n) is 9.50. The number of carbonyl (C=O) groups excluding carboxylic acids is 3. The molecule has 1 aliphatic rings. The SMILES string of the molecule is Cc1cccc(CNC(=O)c2cc(Cl)c(C(=O)N[C@@H](CNC(=O)N[C@@H]3CCc4ccccc43)C(=O)O)c(Cl)c2)c1. The van der Waals surface area contributed by atoms with Gasteiger partial charge in [-0.15, -0.1) is 0 Å². The van der Waals surface area contributed by atoms with Gasteiger partial charge in [0.25, 0.3) is 11.8 Å². The summed E-state index contributed by atoms with van der Waals surface area (Å²) in [6.07, 6.45) is 1.58. The molecule has 0 unspecified atom stereocenters. The Bertz CT molecular complexity index is 1440. The number of carboxylic acids is 1. The van der Waals surface area contributed by atoms with Crippen molar-refractivity contribution >= 4 is 47.0 Å². The number of rotatable bonds is 9. The van der Waals surface area contributed by atoms with Crippen molar-refractivity contribution < 1.29 is 24.3 Å². The van der Waals surface area contributed by atoms with E-state index in [4.69, 9.17) is 23.2 Å². The molecule has 0 radical (unpaired) electrons. The quantitative estimate of drug-likeness (QED) is 0.254. The van der Waals surface area contributed by atoms with Crippen molar-refractivity contribution in [3.63, 3.8) is 0 Å². The molecule has 5 N–H and O–H groups in total. The molecule has 3 aromatic rings. The summed E-state index contributed by atoms with van der Waals surface area (Å²) >= 11 is 12.6. The predicted molar refractivity (Wildman–Crippen MR) is 152 cm³/mol. The first-order valence-electron chi connectivity index (χ1n) is 12.6. The highest BCUT2D eigenvalue weighted by molar-refractivity contribution is 6.40. The van der Waals surface area contributed by atoms with Crippen LogP contribution in [-0.2, 0) is 17.8 Å². The Morgan fingerprint density at radius 1 is 0.950 bits per heavy atom. The third kappa shape index (κ3) is 7.11. The number of fused-ring (bicyclic) bond motifs is 1. The van der Waals surface area contributed by atoms with E-state index >= 15 is 0 Å². The molecule has 0 spiro atoms. The summed E-state index contributed by atoms with van der Waals surface area (Å²) in [5.74, 6) is -2.67. The number of hydrogen-bond acceptors (Lipinski definition) is 4. The zero-order valence-electron chi connectivity index (χ0n) is 21.6. The van der Waals surface area contributed by atoms with E-state index in [1.165, 1.54) is 12.1 Å². The zero-order valence-corrected chi connectivity index (χ0v) is 23.1. The molecule has 2 atom stereocenters. The zero-order chi connectivity index (χ0) is 28.8. The average Bonchev–Trinajstić information content (AvgIpc) is 3.31. The number of amides is 4. The third-order valence-corrected chi connectivity index (χ3v) is 7.17. The lowest BCUT2D eigenvalue weighted by Gasteiger charge is -2.19. The molecule has 0 aliphatic heterocycles. The number of carbonyl (C=O) groups is 4. The van der Waals surface area contributed by atoms with E-state index in [1.54, 1.807) is 0 Å². The van der Waals surface area contributed by atoms with E-state index in [2.05, 4.69) is 21.3 Å². The monoisotopic (exact) mass is 582 g/mol. The Kier molecular flexibility index (Phi) is 9.29. The van der Waals surface area contributed by atoms with Crippen LogP contribution >= 0.6 is 23.2 Å². The minimum atomic E-state index is -1.46. The number of benzene rings is 3. The summed E-state index contributed by atoms with van der Waals surface area (Å²) in [6, 6.07) is 15.8. The molecule has 9 nitrogen and oxygen atoms in total. The summed E-state index contributed by atoms with van der Waals surface area (Å²) in [7, 11) is 0. The molecule has 0 saturated carbocycles. The van der Waals surface area contributed by atoms with Crippen LogP contribution in [0, 0.1) is 6.92 Å². The van der Waals surface area contributed by atoms with Crippen molar-refractivity contribution in [2.75, 3.05) is 6.54 Å². The molecule has 3 aromatic carbocycles.